The molecule has 33 heavy (non-hydrogen) atoms. The van der Waals surface area contributed by atoms with Crippen molar-refractivity contribution in [3.05, 3.63) is 59.2 Å². The standard InChI is InChI=1S/C25H26N2O6/c1-14(21(28)16-10-11-20-19(12-16)26(5)22(29)15(2)33-20)32-13-25(3,4)27-23(30)17-8-6-7-9-18(17)24(27)31/h6-12,14-15H,13H2,1-5H3. The quantitative estimate of drug-likeness (QED) is 0.496. The summed E-state index contributed by atoms with van der Waals surface area (Å²) in [6, 6.07) is 11.6. The van der Waals surface area contributed by atoms with E-state index >= 15 is 0 Å². The van der Waals surface area contributed by atoms with E-state index in [4.69, 9.17) is 9.47 Å². The van der Waals surface area contributed by atoms with Crippen molar-refractivity contribution in [1.82, 2.24) is 4.90 Å². The molecule has 2 aromatic rings. The molecule has 0 bridgehead atoms. The van der Waals surface area contributed by atoms with Crippen molar-refractivity contribution in [2.75, 3.05) is 18.6 Å². The number of carbonyl (C=O) groups excluding carboxylic acids is 4. The molecule has 0 aromatic heterocycles. The van der Waals surface area contributed by atoms with Crippen LogP contribution in [0.1, 0.15) is 58.8 Å². The van der Waals surface area contributed by atoms with Gasteiger partial charge in [0, 0.05) is 12.6 Å². The maximum Gasteiger partial charge on any atom is 0.267 e. The Hall–Kier alpha value is -3.52. The summed E-state index contributed by atoms with van der Waals surface area (Å²) in [5, 5.41) is 0. The molecular weight excluding hydrogens is 424 g/mol. The molecule has 2 heterocycles. The van der Waals surface area contributed by atoms with E-state index in [1.165, 1.54) is 9.80 Å². The molecule has 2 aliphatic rings. The molecule has 4 rings (SSSR count). The fourth-order valence-corrected chi connectivity index (χ4v) is 4.11. The number of hydrogen-bond donors (Lipinski definition) is 0. The normalized spacial score (nSPS) is 18.7. The Morgan fingerprint density at radius 1 is 1.09 bits per heavy atom. The number of benzene rings is 2. The van der Waals surface area contributed by atoms with Crippen molar-refractivity contribution < 1.29 is 28.7 Å². The summed E-state index contributed by atoms with van der Waals surface area (Å²) in [6.45, 7) is 6.73. The van der Waals surface area contributed by atoms with Crippen LogP contribution in [0.3, 0.4) is 0 Å². The molecule has 3 amide bonds. The number of rotatable bonds is 6. The summed E-state index contributed by atoms with van der Waals surface area (Å²) in [7, 11) is 1.64. The highest BCUT2D eigenvalue weighted by molar-refractivity contribution is 6.21. The minimum absolute atomic E-state index is 0.0185. The van der Waals surface area contributed by atoms with Gasteiger partial charge >= 0.3 is 0 Å². The molecule has 0 N–H and O–H groups in total. The number of ether oxygens (including phenoxy) is 2. The highest BCUT2D eigenvalue weighted by Crippen LogP contribution is 2.34. The van der Waals surface area contributed by atoms with Gasteiger partial charge in [0.15, 0.2) is 11.9 Å². The first-order chi connectivity index (χ1) is 15.5. The largest absolute Gasteiger partial charge is 0.479 e. The van der Waals surface area contributed by atoms with Crippen molar-refractivity contribution in [3.63, 3.8) is 0 Å². The predicted octanol–water partition coefficient (Wildman–Crippen LogP) is 3.09. The van der Waals surface area contributed by atoms with Crippen LogP contribution in [0.25, 0.3) is 0 Å². The number of carbonyl (C=O) groups is 4. The fourth-order valence-electron chi connectivity index (χ4n) is 4.11. The Bertz CT molecular complexity index is 1140. The van der Waals surface area contributed by atoms with Gasteiger partial charge in [0.1, 0.15) is 11.9 Å². The molecule has 2 aliphatic heterocycles. The van der Waals surface area contributed by atoms with Gasteiger partial charge in [0.25, 0.3) is 17.7 Å². The molecule has 0 fully saturated rings. The van der Waals surface area contributed by atoms with E-state index in [9.17, 15) is 19.2 Å². The molecule has 8 heteroatoms. The average molecular weight is 450 g/mol. The third kappa shape index (κ3) is 3.80. The van der Waals surface area contributed by atoms with Gasteiger partial charge in [-0.05, 0) is 58.0 Å². The van der Waals surface area contributed by atoms with Crippen molar-refractivity contribution in [1.29, 1.82) is 0 Å². The second-order valence-electron chi connectivity index (χ2n) is 8.96. The lowest BCUT2D eigenvalue weighted by Gasteiger charge is -2.34. The SMILES string of the molecule is CC(OCC(C)(C)N1C(=O)c2ccccc2C1=O)C(=O)c1ccc2c(c1)N(C)C(=O)C(C)O2. The molecule has 0 saturated carbocycles. The Kier molecular flexibility index (Phi) is 5.57. The van der Waals surface area contributed by atoms with E-state index < -0.39 is 17.7 Å². The van der Waals surface area contributed by atoms with Crippen molar-refractivity contribution in [2.24, 2.45) is 0 Å². The topological polar surface area (TPSA) is 93.2 Å². The van der Waals surface area contributed by atoms with E-state index in [1.807, 2.05) is 0 Å². The number of Topliss-reactive ketones (excluding diaryl/α,β-unsaturated/α-hetero) is 1. The number of likely N-dealkylation sites (N-methyl/N-ethyl adjacent to an activating group) is 1. The third-order valence-electron chi connectivity index (χ3n) is 6.04. The summed E-state index contributed by atoms with van der Waals surface area (Å²) in [5.74, 6) is -0.699. The predicted molar refractivity (Wildman–Crippen MR) is 121 cm³/mol. The van der Waals surface area contributed by atoms with E-state index in [0.717, 1.165) is 0 Å². The van der Waals surface area contributed by atoms with Gasteiger partial charge in [-0.15, -0.1) is 0 Å². The molecule has 0 saturated heterocycles. The second kappa shape index (κ2) is 8.12. The lowest BCUT2D eigenvalue weighted by atomic mass is 10.0. The van der Waals surface area contributed by atoms with Crippen LogP contribution in [-0.2, 0) is 9.53 Å². The number of nitrogens with zero attached hydrogens (tertiary/aromatic N) is 2. The van der Waals surface area contributed by atoms with E-state index in [0.29, 0.717) is 28.1 Å². The summed E-state index contributed by atoms with van der Waals surface area (Å²) >= 11 is 0. The van der Waals surface area contributed by atoms with Crippen LogP contribution in [0.5, 0.6) is 5.75 Å². The van der Waals surface area contributed by atoms with Crippen LogP contribution in [0, 0.1) is 0 Å². The summed E-state index contributed by atoms with van der Waals surface area (Å²) in [6.07, 6.45) is -1.42. The van der Waals surface area contributed by atoms with Crippen molar-refractivity contribution in [3.8, 4) is 5.75 Å². The highest BCUT2D eigenvalue weighted by Gasteiger charge is 2.44. The number of ketones is 1. The van der Waals surface area contributed by atoms with Crippen LogP contribution < -0.4 is 9.64 Å². The van der Waals surface area contributed by atoms with Gasteiger partial charge in [0.05, 0.1) is 29.0 Å². The number of imide groups is 1. The summed E-state index contributed by atoms with van der Waals surface area (Å²) < 4.78 is 11.4. The molecule has 0 aliphatic carbocycles. The number of anilines is 1. The van der Waals surface area contributed by atoms with E-state index in [1.54, 1.807) is 77.2 Å². The maximum atomic E-state index is 13.0. The first-order valence-corrected chi connectivity index (χ1v) is 10.7. The van der Waals surface area contributed by atoms with Crippen LogP contribution >= 0.6 is 0 Å². The molecule has 0 radical (unpaired) electrons. The zero-order valence-corrected chi connectivity index (χ0v) is 19.2. The smallest absolute Gasteiger partial charge is 0.267 e. The molecule has 2 atom stereocenters. The van der Waals surface area contributed by atoms with Gasteiger partial charge in [-0.2, -0.15) is 0 Å². The fraction of sp³-hybridized carbons (Fsp3) is 0.360. The Morgan fingerprint density at radius 3 is 2.30 bits per heavy atom. The van der Waals surface area contributed by atoms with Crippen LogP contribution in [-0.4, -0.2) is 59.8 Å². The van der Waals surface area contributed by atoms with E-state index in [-0.39, 0.29) is 30.1 Å². The van der Waals surface area contributed by atoms with Gasteiger partial charge in [0.2, 0.25) is 0 Å². The Labute approximate surface area is 192 Å². The molecule has 2 unspecified atom stereocenters. The zero-order chi connectivity index (χ0) is 24.1. The lowest BCUT2D eigenvalue weighted by Crippen LogP contribution is -2.51. The molecule has 8 nitrogen and oxygen atoms in total. The molecule has 0 spiro atoms. The van der Waals surface area contributed by atoms with Crippen LogP contribution in [0.15, 0.2) is 42.5 Å². The van der Waals surface area contributed by atoms with Crippen LogP contribution in [0.2, 0.25) is 0 Å². The van der Waals surface area contributed by atoms with Gasteiger partial charge in [-0.1, -0.05) is 12.1 Å². The lowest BCUT2D eigenvalue weighted by molar-refractivity contribution is -0.125. The Morgan fingerprint density at radius 2 is 1.70 bits per heavy atom. The zero-order valence-electron chi connectivity index (χ0n) is 19.2. The monoisotopic (exact) mass is 450 g/mol. The van der Waals surface area contributed by atoms with Crippen LogP contribution in [0.4, 0.5) is 5.69 Å². The van der Waals surface area contributed by atoms with Gasteiger partial charge < -0.3 is 14.4 Å². The van der Waals surface area contributed by atoms with E-state index in [2.05, 4.69) is 0 Å². The third-order valence-corrected chi connectivity index (χ3v) is 6.04. The van der Waals surface area contributed by atoms with Crippen molar-refractivity contribution in [2.45, 2.75) is 45.4 Å². The highest BCUT2D eigenvalue weighted by atomic mass is 16.5. The summed E-state index contributed by atoms with van der Waals surface area (Å²) in [5.41, 5.74) is 0.654. The molecule has 2 aromatic carbocycles. The molecular formula is C25H26N2O6. The minimum Gasteiger partial charge on any atom is -0.479 e. The number of fused-ring (bicyclic) bond motifs is 2. The van der Waals surface area contributed by atoms with Gasteiger partial charge in [-0.25, -0.2) is 0 Å². The first-order valence-electron chi connectivity index (χ1n) is 10.7. The van der Waals surface area contributed by atoms with Crippen molar-refractivity contribution >= 4 is 29.2 Å². The maximum absolute atomic E-state index is 13.0. The first kappa shape index (κ1) is 22.7. The summed E-state index contributed by atoms with van der Waals surface area (Å²) in [4.78, 5) is 53.5. The minimum atomic E-state index is -0.964. The van der Waals surface area contributed by atoms with Gasteiger partial charge in [-0.3, -0.25) is 24.1 Å². The molecule has 172 valence electrons. The number of amides is 3. The number of hydrogen-bond acceptors (Lipinski definition) is 6. The average Bonchev–Trinajstić information content (AvgIpc) is 3.06. The Balaban J connectivity index is 1.47. The second-order valence-corrected chi connectivity index (χ2v) is 8.96.